The monoisotopic (exact) mass is 442 g/mol. The van der Waals surface area contributed by atoms with E-state index in [1.165, 1.54) is 19.1 Å². The lowest BCUT2D eigenvalue weighted by atomic mass is 9.75. The topological polar surface area (TPSA) is 88.0 Å². The molecule has 0 radical (unpaired) electrons. The van der Waals surface area contributed by atoms with Gasteiger partial charge in [-0.25, -0.2) is 0 Å². The van der Waals surface area contributed by atoms with Gasteiger partial charge >= 0.3 is 12.4 Å². The number of nitrogens with zero attached hydrogens (tertiary/aromatic N) is 2. The van der Waals surface area contributed by atoms with Crippen LogP contribution in [0, 0.1) is 22.7 Å². The quantitative estimate of drug-likeness (QED) is 0.656. The molecule has 0 heterocycles. The zero-order valence-electron chi connectivity index (χ0n) is 16.0. The number of aliphatic hydroxyl groups excluding tert-OH is 1. The first kappa shape index (κ1) is 24.2. The minimum Gasteiger partial charge on any atom is -0.396 e. The molecule has 0 aromatic heterocycles. The fraction of sp³-hybridized carbons (Fsp3) is 0.333. The first-order valence-electron chi connectivity index (χ1n) is 8.82. The highest BCUT2D eigenvalue weighted by molar-refractivity contribution is 5.49. The normalized spacial score (nSPS) is 14.1. The number of halogens is 6. The van der Waals surface area contributed by atoms with Gasteiger partial charge in [0.1, 0.15) is 0 Å². The fourth-order valence-electron chi connectivity index (χ4n) is 3.43. The van der Waals surface area contributed by atoms with Crippen LogP contribution < -0.4 is 0 Å². The van der Waals surface area contributed by atoms with Crippen LogP contribution in [0.5, 0.6) is 0 Å². The summed E-state index contributed by atoms with van der Waals surface area (Å²) in [5, 5.41) is 38.1. The average Bonchev–Trinajstić information content (AvgIpc) is 2.66. The molecule has 1 atom stereocenters. The molecule has 10 heteroatoms. The van der Waals surface area contributed by atoms with Gasteiger partial charge in [0.25, 0.3) is 0 Å². The molecule has 0 spiro atoms. The molecule has 164 valence electrons. The van der Waals surface area contributed by atoms with Crippen molar-refractivity contribution in [2.45, 2.75) is 37.2 Å². The zero-order valence-corrected chi connectivity index (χ0v) is 16.0. The lowest BCUT2D eigenvalue weighted by Crippen LogP contribution is -2.35. The first-order chi connectivity index (χ1) is 14.3. The largest absolute Gasteiger partial charge is 0.417 e. The molecule has 0 fully saturated rings. The molecule has 0 aliphatic carbocycles. The molecular formula is C21H16F6N2O2. The molecular weight excluding hydrogens is 426 g/mol. The Bertz CT molecular complexity index is 970. The summed E-state index contributed by atoms with van der Waals surface area (Å²) in [5.74, 6) is -1.43. The van der Waals surface area contributed by atoms with Crippen molar-refractivity contribution >= 4 is 0 Å². The van der Waals surface area contributed by atoms with Crippen molar-refractivity contribution in [3.05, 3.63) is 69.8 Å². The second-order valence-electron chi connectivity index (χ2n) is 7.09. The van der Waals surface area contributed by atoms with E-state index in [9.17, 15) is 36.6 Å². The molecule has 0 bridgehead atoms. The van der Waals surface area contributed by atoms with E-state index in [-0.39, 0.29) is 17.5 Å². The fourth-order valence-corrected chi connectivity index (χ4v) is 3.43. The molecule has 0 saturated carbocycles. The Kier molecular flexibility index (Phi) is 6.69. The van der Waals surface area contributed by atoms with E-state index < -0.39 is 52.7 Å². The highest BCUT2D eigenvalue weighted by Crippen LogP contribution is 2.42. The number of rotatable bonds is 5. The Morgan fingerprint density at radius 1 is 0.839 bits per heavy atom. The molecule has 0 amide bonds. The summed E-state index contributed by atoms with van der Waals surface area (Å²) in [7, 11) is 0. The predicted octanol–water partition coefficient (Wildman–Crippen LogP) is 4.73. The van der Waals surface area contributed by atoms with Gasteiger partial charge in [0.2, 0.25) is 0 Å². The van der Waals surface area contributed by atoms with Gasteiger partial charge < -0.3 is 10.2 Å². The number of hydrogen-bond donors (Lipinski definition) is 2. The Labute approximate surface area is 173 Å². The summed E-state index contributed by atoms with van der Waals surface area (Å²) < 4.78 is 80.4. The highest BCUT2D eigenvalue weighted by atomic mass is 19.4. The Morgan fingerprint density at radius 3 is 1.52 bits per heavy atom. The maximum Gasteiger partial charge on any atom is 0.417 e. The average molecular weight is 442 g/mol. The van der Waals surface area contributed by atoms with Crippen LogP contribution in [0.15, 0.2) is 36.4 Å². The second kappa shape index (κ2) is 8.58. The highest BCUT2D eigenvalue weighted by Gasteiger charge is 2.40. The molecule has 0 aliphatic heterocycles. The molecule has 0 aliphatic rings. The molecule has 2 rings (SSSR count). The Hall–Kier alpha value is -3.08. The maximum atomic E-state index is 13.4. The van der Waals surface area contributed by atoms with Crippen molar-refractivity contribution < 1.29 is 36.6 Å². The van der Waals surface area contributed by atoms with Crippen molar-refractivity contribution in [3.63, 3.8) is 0 Å². The summed E-state index contributed by atoms with van der Waals surface area (Å²) in [6.45, 7) is 0.582. The van der Waals surface area contributed by atoms with E-state index in [0.717, 1.165) is 24.3 Å². The van der Waals surface area contributed by atoms with Gasteiger partial charge in [-0.15, -0.1) is 0 Å². The molecule has 2 aromatic carbocycles. The maximum absolute atomic E-state index is 13.4. The summed E-state index contributed by atoms with van der Waals surface area (Å²) in [6, 6.07) is 7.97. The van der Waals surface area contributed by atoms with E-state index in [4.69, 9.17) is 10.5 Å². The van der Waals surface area contributed by atoms with Crippen LogP contribution in [-0.2, 0) is 12.4 Å². The summed E-state index contributed by atoms with van der Waals surface area (Å²) >= 11 is 0. The van der Waals surface area contributed by atoms with Gasteiger partial charge in [0.05, 0.1) is 40.0 Å². The summed E-state index contributed by atoms with van der Waals surface area (Å²) in [5.41, 5.74) is -6.35. The van der Waals surface area contributed by atoms with Gasteiger partial charge in [-0.05, 0) is 48.7 Å². The predicted molar refractivity (Wildman–Crippen MR) is 96.5 cm³/mol. The van der Waals surface area contributed by atoms with Crippen LogP contribution in [0.3, 0.4) is 0 Å². The summed E-state index contributed by atoms with van der Waals surface area (Å²) in [4.78, 5) is 0. The smallest absolute Gasteiger partial charge is 0.396 e. The van der Waals surface area contributed by atoms with E-state index in [0.29, 0.717) is 12.1 Å². The molecule has 1 unspecified atom stereocenters. The van der Waals surface area contributed by atoms with Crippen LogP contribution in [0.1, 0.15) is 52.6 Å². The van der Waals surface area contributed by atoms with Crippen LogP contribution in [0.4, 0.5) is 26.3 Å². The van der Waals surface area contributed by atoms with E-state index in [2.05, 4.69) is 0 Å². The van der Waals surface area contributed by atoms with Crippen molar-refractivity contribution in [3.8, 4) is 12.1 Å². The van der Waals surface area contributed by atoms with Crippen LogP contribution >= 0.6 is 0 Å². The van der Waals surface area contributed by atoms with E-state index in [1.807, 2.05) is 0 Å². The first-order valence-corrected chi connectivity index (χ1v) is 8.82. The SMILES string of the molecule is CC(O)(CCO)C(c1ccc(C#N)c(C(F)(F)F)c1)c1ccc(C#N)c(C(F)(F)F)c1. The van der Waals surface area contributed by atoms with Crippen LogP contribution in [0.2, 0.25) is 0 Å². The van der Waals surface area contributed by atoms with Gasteiger partial charge in [-0.2, -0.15) is 36.9 Å². The third kappa shape index (κ3) is 5.16. The third-order valence-electron chi connectivity index (χ3n) is 4.85. The Morgan fingerprint density at radius 2 is 1.23 bits per heavy atom. The molecule has 31 heavy (non-hydrogen) atoms. The van der Waals surface area contributed by atoms with Crippen molar-refractivity contribution in [2.75, 3.05) is 6.61 Å². The van der Waals surface area contributed by atoms with Gasteiger partial charge in [0.15, 0.2) is 0 Å². The number of aliphatic hydroxyl groups is 2. The van der Waals surface area contributed by atoms with Gasteiger partial charge in [-0.1, -0.05) is 12.1 Å². The number of alkyl halides is 6. The van der Waals surface area contributed by atoms with E-state index in [1.54, 1.807) is 0 Å². The number of hydrogen-bond acceptors (Lipinski definition) is 4. The van der Waals surface area contributed by atoms with Crippen LogP contribution in [0.25, 0.3) is 0 Å². The molecule has 2 N–H and O–H groups in total. The molecule has 2 aromatic rings. The lowest BCUT2D eigenvalue weighted by molar-refractivity contribution is -0.138. The molecule has 0 saturated heterocycles. The zero-order chi connectivity index (χ0) is 23.6. The second-order valence-corrected chi connectivity index (χ2v) is 7.09. The van der Waals surface area contributed by atoms with Crippen LogP contribution in [-0.4, -0.2) is 22.4 Å². The minimum atomic E-state index is -4.92. The summed E-state index contributed by atoms with van der Waals surface area (Å²) in [6.07, 6.45) is -10.2. The minimum absolute atomic E-state index is 0.206. The molecule has 4 nitrogen and oxygen atoms in total. The number of benzene rings is 2. The number of nitriles is 2. The third-order valence-corrected chi connectivity index (χ3v) is 4.85. The van der Waals surface area contributed by atoms with Crippen molar-refractivity contribution in [2.24, 2.45) is 0 Å². The lowest BCUT2D eigenvalue weighted by Gasteiger charge is -2.34. The van der Waals surface area contributed by atoms with Crippen molar-refractivity contribution in [1.29, 1.82) is 10.5 Å². The standard InChI is InChI=1S/C21H16F6N2O2/c1-19(31,6-7-30)18(12-2-4-14(10-28)16(8-12)20(22,23)24)13-3-5-15(11-29)17(9-13)21(25,26)27/h2-5,8-9,18,30-31H,6-7H2,1H3. The van der Waals surface area contributed by atoms with Gasteiger partial charge in [0, 0.05) is 12.5 Å². The van der Waals surface area contributed by atoms with E-state index >= 15 is 0 Å². The Balaban J connectivity index is 2.82. The van der Waals surface area contributed by atoms with Gasteiger partial charge in [-0.3, -0.25) is 0 Å². The van der Waals surface area contributed by atoms with Crippen molar-refractivity contribution in [1.82, 2.24) is 0 Å².